The molecule has 0 aliphatic heterocycles. The van der Waals surface area contributed by atoms with Crippen molar-refractivity contribution in [1.82, 2.24) is 0 Å². The van der Waals surface area contributed by atoms with Crippen LogP contribution < -0.4 is 0 Å². The van der Waals surface area contributed by atoms with Gasteiger partial charge in [-0.25, -0.2) is 0 Å². The minimum atomic E-state index is -4.34. The maximum absolute atomic E-state index is 11.2. The topological polar surface area (TPSA) is 76.0 Å². The van der Waals surface area contributed by atoms with E-state index >= 15 is 0 Å². The number of ether oxygens (including phenoxy) is 2. The van der Waals surface area contributed by atoms with E-state index in [4.69, 9.17) is 19.3 Å². The smallest absolute Gasteiger partial charge is 0.356 e. The molecular formula is C10H15O5P. The van der Waals surface area contributed by atoms with Gasteiger partial charge in [-0.3, -0.25) is 4.57 Å². The summed E-state index contributed by atoms with van der Waals surface area (Å²) in [4.78, 5) is 18.3. The average Bonchev–Trinajstić information content (AvgIpc) is 2.24. The van der Waals surface area contributed by atoms with Gasteiger partial charge in [0, 0.05) is 6.61 Å². The molecule has 0 aliphatic rings. The van der Waals surface area contributed by atoms with Gasteiger partial charge in [-0.1, -0.05) is 30.3 Å². The largest absolute Gasteiger partial charge is 0.358 e. The Morgan fingerprint density at radius 3 is 2.44 bits per heavy atom. The number of rotatable bonds is 6. The molecule has 1 aromatic rings. The molecule has 0 heterocycles. The molecule has 1 aromatic carbocycles. The van der Waals surface area contributed by atoms with Crippen molar-refractivity contribution in [3.8, 4) is 0 Å². The average molecular weight is 246 g/mol. The van der Waals surface area contributed by atoms with Crippen molar-refractivity contribution < 1.29 is 23.8 Å². The molecule has 0 amide bonds. The normalized spacial score (nSPS) is 13.7. The van der Waals surface area contributed by atoms with Gasteiger partial charge in [0.2, 0.25) is 0 Å². The SMILES string of the molecule is CCOCOC(c1ccccc1)P(=O)(O)O. The summed E-state index contributed by atoms with van der Waals surface area (Å²) in [6.07, 6.45) is 0. The Bertz CT molecular complexity index is 347. The second-order valence-electron chi connectivity index (χ2n) is 3.13. The molecule has 0 aromatic heterocycles. The standard InChI is InChI=1S/C10H15O5P/c1-2-14-8-15-10(16(11,12)13)9-6-4-3-5-7-9/h3-7,10H,2,8H2,1H3,(H2,11,12,13). The van der Waals surface area contributed by atoms with E-state index in [2.05, 4.69) is 0 Å². The molecule has 2 N–H and O–H groups in total. The fourth-order valence-corrected chi connectivity index (χ4v) is 2.02. The van der Waals surface area contributed by atoms with Crippen molar-refractivity contribution >= 4 is 7.60 Å². The predicted octanol–water partition coefficient (Wildman–Crippen LogP) is 1.87. The monoisotopic (exact) mass is 246 g/mol. The Morgan fingerprint density at radius 1 is 1.31 bits per heavy atom. The Hall–Kier alpha value is -0.710. The fourth-order valence-electron chi connectivity index (χ4n) is 1.20. The van der Waals surface area contributed by atoms with Gasteiger partial charge in [-0.05, 0) is 12.5 Å². The maximum atomic E-state index is 11.2. The van der Waals surface area contributed by atoms with Crippen LogP contribution in [-0.4, -0.2) is 23.2 Å². The Kier molecular flexibility index (Phi) is 5.12. The van der Waals surface area contributed by atoms with E-state index in [9.17, 15) is 4.57 Å². The van der Waals surface area contributed by atoms with Crippen LogP contribution in [0, 0.1) is 0 Å². The van der Waals surface area contributed by atoms with Crippen LogP contribution in [0.5, 0.6) is 0 Å². The Labute approximate surface area is 94.2 Å². The van der Waals surface area contributed by atoms with E-state index in [1.165, 1.54) is 0 Å². The van der Waals surface area contributed by atoms with Crippen LogP contribution in [-0.2, 0) is 14.0 Å². The van der Waals surface area contributed by atoms with Gasteiger partial charge in [0.1, 0.15) is 6.79 Å². The second kappa shape index (κ2) is 6.13. The summed E-state index contributed by atoms with van der Waals surface area (Å²) in [5, 5.41) is 0. The molecule has 0 saturated heterocycles. The zero-order valence-electron chi connectivity index (χ0n) is 8.94. The highest BCUT2D eigenvalue weighted by Crippen LogP contribution is 2.52. The lowest BCUT2D eigenvalue weighted by Crippen LogP contribution is -2.08. The molecule has 1 rings (SSSR count). The lowest BCUT2D eigenvalue weighted by atomic mass is 10.2. The lowest BCUT2D eigenvalue weighted by Gasteiger charge is -2.19. The van der Waals surface area contributed by atoms with Crippen molar-refractivity contribution in [3.63, 3.8) is 0 Å². The summed E-state index contributed by atoms with van der Waals surface area (Å²) in [5.74, 6) is -1.26. The van der Waals surface area contributed by atoms with Crippen LogP contribution in [0.3, 0.4) is 0 Å². The van der Waals surface area contributed by atoms with Crippen LogP contribution >= 0.6 is 7.60 Å². The first-order valence-electron chi connectivity index (χ1n) is 4.85. The van der Waals surface area contributed by atoms with Gasteiger partial charge in [0.15, 0.2) is 5.85 Å². The summed E-state index contributed by atoms with van der Waals surface area (Å²) in [5.41, 5.74) is 0.440. The Balaban J connectivity index is 2.77. The van der Waals surface area contributed by atoms with Crippen molar-refractivity contribution in [2.24, 2.45) is 0 Å². The number of hydrogen-bond acceptors (Lipinski definition) is 3. The first-order chi connectivity index (χ1) is 7.55. The minimum Gasteiger partial charge on any atom is -0.356 e. The summed E-state index contributed by atoms with van der Waals surface area (Å²) in [6, 6.07) is 8.37. The van der Waals surface area contributed by atoms with Gasteiger partial charge in [-0.15, -0.1) is 0 Å². The maximum Gasteiger partial charge on any atom is 0.358 e. The molecule has 1 atom stereocenters. The van der Waals surface area contributed by atoms with Crippen LogP contribution in [0.2, 0.25) is 0 Å². The molecular weight excluding hydrogens is 231 g/mol. The van der Waals surface area contributed by atoms with Gasteiger partial charge >= 0.3 is 7.60 Å². The molecule has 6 heteroatoms. The zero-order valence-corrected chi connectivity index (χ0v) is 9.84. The third-order valence-corrected chi connectivity index (χ3v) is 2.96. The third kappa shape index (κ3) is 4.04. The molecule has 0 bridgehead atoms. The molecule has 0 saturated carbocycles. The van der Waals surface area contributed by atoms with Crippen LogP contribution in [0.15, 0.2) is 30.3 Å². The fraction of sp³-hybridized carbons (Fsp3) is 0.400. The van der Waals surface area contributed by atoms with Crippen molar-refractivity contribution in [1.29, 1.82) is 0 Å². The summed E-state index contributed by atoms with van der Waals surface area (Å²) < 4.78 is 21.2. The van der Waals surface area contributed by atoms with E-state index in [0.29, 0.717) is 12.2 Å². The van der Waals surface area contributed by atoms with Crippen LogP contribution in [0.25, 0.3) is 0 Å². The van der Waals surface area contributed by atoms with Crippen LogP contribution in [0.1, 0.15) is 18.3 Å². The number of benzene rings is 1. The summed E-state index contributed by atoms with van der Waals surface area (Å²) >= 11 is 0. The first kappa shape index (κ1) is 13.4. The van der Waals surface area contributed by atoms with Crippen molar-refractivity contribution in [2.75, 3.05) is 13.4 Å². The van der Waals surface area contributed by atoms with Crippen LogP contribution in [0.4, 0.5) is 0 Å². The molecule has 0 fully saturated rings. The van der Waals surface area contributed by atoms with Gasteiger partial charge in [0.25, 0.3) is 0 Å². The van der Waals surface area contributed by atoms with Gasteiger partial charge in [-0.2, -0.15) is 0 Å². The van der Waals surface area contributed by atoms with Crippen molar-refractivity contribution in [3.05, 3.63) is 35.9 Å². The van der Waals surface area contributed by atoms with E-state index in [1.807, 2.05) is 0 Å². The molecule has 0 aliphatic carbocycles. The van der Waals surface area contributed by atoms with E-state index < -0.39 is 13.4 Å². The quantitative estimate of drug-likeness (QED) is 0.455. The molecule has 90 valence electrons. The highest BCUT2D eigenvalue weighted by atomic mass is 31.2. The number of hydrogen-bond donors (Lipinski definition) is 2. The molecule has 0 spiro atoms. The molecule has 16 heavy (non-hydrogen) atoms. The van der Waals surface area contributed by atoms with Crippen molar-refractivity contribution in [2.45, 2.75) is 12.8 Å². The second-order valence-corrected chi connectivity index (χ2v) is 4.78. The highest BCUT2D eigenvalue weighted by Gasteiger charge is 2.31. The predicted molar refractivity (Wildman–Crippen MR) is 58.8 cm³/mol. The van der Waals surface area contributed by atoms with Gasteiger partial charge in [0.05, 0.1) is 0 Å². The molecule has 1 unspecified atom stereocenters. The van der Waals surface area contributed by atoms with Gasteiger partial charge < -0.3 is 19.3 Å². The first-order valence-corrected chi connectivity index (χ1v) is 6.53. The summed E-state index contributed by atoms with van der Waals surface area (Å²) in [6.45, 7) is 2.07. The van der Waals surface area contributed by atoms with E-state index in [-0.39, 0.29) is 6.79 Å². The zero-order chi connectivity index (χ0) is 12.0. The third-order valence-electron chi connectivity index (χ3n) is 1.90. The van der Waals surface area contributed by atoms with E-state index in [1.54, 1.807) is 37.3 Å². The lowest BCUT2D eigenvalue weighted by molar-refractivity contribution is -0.0689. The minimum absolute atomic E-state index is 0.138. The molecule has 0 radical (unpaired) electrons. The Morgan fingerprint density at radius 2 is 1.94 bits per heavy atom. The highest BCUT2D eigenvalue weighted by molar-refractivity contribution is 7.52. The summed E-state index contributed by atoms with van der Waals surface area (Å²) in [7, 11) is -4.34. The molecule has 5 nitrogen and oxygen atoms in total. The van der Waals surface area contributed by atoms with E-state index in [0.717, 1.165) is 0 Å².